The van der Waals surface area contributed by atoms with Crippen LogP contribution in [0.3, 0.4) is 0 Å². The van der Waals surface area contributed by atoms with Crippen molar-refractivity contribution in [1.82, 2.24) is 9.62 Å². The van der Waals surface area contributed by atoms with Crippen molar-refractivity contribution in [3.05, 3.63) is 60.2 Å². The molecule has 2 aromatic carbocycles. The highest BCUT2D eigenvalue weighted by molar-refractivity contribution is 7.89. The third-order valence-corrected chi connectivity index (χ3v) is 7.39. The first-order valence-corrected chi connectivity index (χ1v) is 12.1. The quantitative estimate of drug-likeness (QED) is 0.510. The highest BCUT2D eigenvalue weighted by Crippen LogP contribution is 2.26. The average molecular weight is 474 g/mol. The number of carbonyl (C=O) groups is 3. The standard InChI is InChI=1S/C23H27N3O6S/c1-2-21(27)24-17-12-10-16(11-13-17)15-19(23(29)30)25-22(28)20-9-6-14-26(20)33(31,32)18-7-4-3-5-8-18/h3-5,7-8,10-13,19-20H,2,6,9,14-15H2,1H3,(H,24,27)(H,25,28)(H,29,30). The third-order valence-electron chi connectivity index (χ3n) is 5.47. The van der Waals surface area contributed by atoms with E-state index in [4.69, 9.17) is 0 Å². The summed E-state index contributed by atoms with van der Waals surface area (Å²) in [6, 6.07) is 12.3. The Morgan fingerprint density at radius 1 is 1.09 bits per heavy atom. The van der Waals surface area contributed by atoms with E-state index in [2.05, 4.69) is 10.6 Å². The van der Waals surface area contributed by atoms with E-state index in [-0.39, 0.29) is 23.8 Å². The number of anilines is 1. The lowest BCUT2D eigenvalue weighted by Gasteiger charge is -2.25. The summed E-state index contributed by atoms with van der Waals surface area (Å²) in [6.45, 7) is 1.93. The number of carboxylic acids is 1. The van der Waals surface area contributed by atoms with E-state index >= 15 is 0 Å². The zero-order valence-corrected chi connectivity index (χ0v) is 19.0. The maximum atomic E-state index is 13.0. The predicted octanol–water partition coefficient (Wildman–Crippen LogP) is 2.00. The van der Waals surface area contributed by atoms with E-state index < -0.39 is 34.0 Å². The summed E-state index contributed by atoms with van der Waals surface area (Å²) in [5, 5.41) is 14.8. The molecule has 33 heavy (non-hydrogen) atoms. The maximum Gasteiger partial charge on any atom is 0.326 e. The fourth-order valence-corrected chi connectivity index (χ4v) is 5.37. The number of hydrogen-bond acceptors (Lipinski definition) is 5. The van der Waals surface area contributed by atoms with Gasteiger partial charge in [-0.1, -0.05) is 37.3 Å². The Hall–Kier alpha value is -3.24. The first kappa shape index (κ1) is 24.4. The minimum atomic E-state index is -3.87. The van der Waals surface area contributed by atoms with Gasteiger partial charge < -0.3 is 15.7 Å². The predicted molar refractivity (Wildman–Crippen MR) is 122 cm³/mol. The van der Waals surface area contributed by atoms with Gasteiger partial charge in [0.2, 0.25) is 21.8 Å². The molecule has 0 saturated carbocycles. The van der Waals surface area contributed by atoms with Crippen molar-refractivity contribution in [3.63, 3.8) is 0 Å². The molecular weight excluding hydrogens is 446 g/mol. The summed E-state index contributed by atoms with van der Waals surface area (Å²) in [6.07, 6.45) is 1.18. The molecule has 3 rings (SSSR count). The van der Waals surface area contributed by atoms with Crippen LogP contribution in [0.4, 0.5) is 5.69 Å². The highest BCUT2D eigenvalue weighted by Gasteiger charge is 2.40. The number of amides is 2. The monoisotopic (exact) mass is 473 g/mol. The van der Waals surface area contributed by atoms with E-state index in [1.165, 1.54) is 12.1 Å². The zero-order valence-electron chi connectivity index (χ0n) is 18.2. The van der Waals surface area contributed by atoms with Crippen molar-refractivity contribution in [2.24, 2.45) is 0 Å². The smallest absolute Gasteiger partial charge is 0.326 e. The molecule has 0 aliphatic carbocycles. The van der Waals surface area contributed by atoms with Crippen LogP contribution < -0.4 is 10.6 Å². The second-order valence-corrected chi connectivity index (χ2v) is 9.68. The number of hydrogen-bond donors (Lipinski definition) is 3. The fourth-order valence-electron chi connectivity index (χ4n) is 3.69. The molecule has 0 spiro atoms. The Morgan fingerprint density at radius 3 is 2.36 bits per heavy atom. The van der Waals surface area contributed by atoms with E-state index in [9.17, 15) is 27.9 Å². The van der Waals surface area contributed by atoms with Crippen LogP contribution in [0.15, 0.2) is 59.5 Å². The van der Waals surface area contributed by atoms with Crippen LogP contribution in [0.2, 0.25) is 0 Å². The van der Waals surface area contributed by atoms with Gasteiger partial charge in [0.1, 0.15) is 12.1 Å². The topological polar surface area (TPSA) is 133 Å². The van der Waals surface area contributed by atoms with Crippen molar-refractivity contribution < 1.29 is 27.9 Å². The number of aliphatic carboxylic acids is 1. The number of nitrogens with zero attached hydrogens (tertiary/aromatic N) is 1. The lowest BCUT2D eigenvalue weighted by Crippen LogP contribution is -2.51. The maximum absolute atomic E-state index is 13.0. The zero-order chi connectivity index (χ0) is 24.0. The number of nitrogens with one attached hydrogen (secondary N) is 2. The van der Waals surface area contributed by atoms with Gasteiger partial charge in [-0.3, -0.25) is 9.59 Å². The summed E-state index contributed by atoms with van der Waals surface area (Å²) in [5.74, 6) is -1.99. The number of carboxylic acid groups (broad SMARTS) is 1. The van der Waals surface area contributed by atoms with Gasteiger partial charge in [-0.25, -0.2) is 13.2 Å². The van der Waals surface area contributed by atoms with Crippen molar-refractivity contribution in [3.8, 4) is 0 Å². The van der Waals surface area contributed by atoms with Gasteiger partial charge >= 0.3 is 5.97 Å². The molecule has 2 aromatic rings. The molecule has 2 atom stereocenters. The summed E-state index contributed by atoms with van der Waals surface area (Å²) < 4.78 is 27.1. The Balaban J connectivity index is 1.70. The van der Waals surface area contributed by atoms with Gasteiger partial charge in [-0.05, 0) is 42.7 Å². The summed E-state index contributed by atoms with van der Waals surface area (Å²) >= 11 is 0. The largest absolute Gasteiger partial charge is 0.480 e. The number of sulfonamides is 1. The SMILES string of the molecule is CCC(=O)Nc1ccc(CC(NC(=O)C2CCCN2S(=O)(=O)c2ccccc2)C(=O)O)cc1. The van der Waals surface area contributed by atoms with E-state index in [0.717, 1.165) is 4.31 Å². The second-order valence-electron chi connectivity index (χ2n) is 7.79. The van der Waals surface area contributed by atoms with Gasteiger partial charge in [0.15, 0.2) is 0 Å². The van der Waals surface area contributed by atoms with Crippen molar-refractivity contribution in [2.45, 2.75) is 49.6 Å². The Labute approximate surface area is 192 Å². The Morgan fingerprint density at radius 2 is 1.76 bits per heavy atom. The molecule has 2 amide bonds. The molecule has 1 fully saturated rings. The molecule has 1 aliphatic rings. The fraction of sp³-hybridized carbons (Fsp3) is 0.348. The molecule has 1 aliphatic heterocycles. The van der Waals surface area contributed by atoms with Gasteiger partial charge in [0.05, 0.1) is 4.90 Å². The van der Waals surface area contributed by atoms with Gasteiger partial charge in [0.25, 0.3) is 0 Å². The molecule has 1 saturated heterocycles. The van der Waals surface area contributed by atoms with Crippen molar-refractivity contribution >= 4 is 33.5 Å². The van der Waals surface area contributed by atoms with Crippen LogP contribution in [-0.4, -0.2) is 54.2 Å². The van der Waals surface area contributed by atoms with Crippen molar-refractivity contribution in [1.29, 1.82) is 0 Å². The number of carbonyl (C=O) groups excluding carboxylic acids is 2. The van der Waals surface area contributed by atoms with Gasteiger partial charge in [0, 0.05) is 25.1 Å². The van der Waals surface area contributed by atoms with Crippen LogP contribution in [0, 0.1) is 0 Å². The number of benzene rings is 2. The molecular formula is C23H27N3O6S. The molecule has 0 bridgehead atoms. The van der Waals surface area contributed by atoms with Crippen LogP contribution in [-0.2, 0) is 30.8 Å². The van der Waals surface area contributed by atoms with Crippen LogP contribution in [0.1, 0.15) is 31.7 Å². The first-order valence-electron chi connectivity index (χ1n) is 10.7. The molecule has 2 unspecified atom stereocenters. The average Bonchev–Trinajstić information content (AvgIpc) is 3.31. The highest BCUT2D eigenvalue weighted by atomic mass is 32.2. The Kier molecular flexibility index (Phi) is 7.83. The molecule has 3 N–H and O–H groups in total. The molecule has 176 valence electrons. The van der Waals surface area contributed by atoms with Crippen LogP contribution in [0.25, 0.3) is 0 Å². The third kappa shape index (κ3) is 5.96. The summed E-state index contributed by atoms with van der Waals surface area (Å²) in [5.41, 5.74) is 1.24. The molecule has 0 aromatic heterocycles. The van der Waals surface area contributed by atoms with Crippen LogP contribution >= 0.6 is 0 Å². The molecule has 0 radical (unpaired) electrons. The Bertz CT molecular complexity index is 1100. The minimum Gasteiger partial charge on any atom is -0.480 e. The molecule has 1 heterocycles. The lowest BCUT2D eigenvalue weighted by atomic mass is 10.0. The van der Waals surface area contributed by atoms with Crippen molar-refractivity contribution in [2.75, 3.05) is 11.9 Å². The number of rotatable bonds is 9. The van der Waals surface area contributed by atoms with E-state index in [0.29, 0.717) is 30.5 Å². The van der Waals surface area contributed by atoms with Crippen LogP contribution in [0.5, 0.6) is 0 Å². The second kappa shape index (κ2) is 10.6. The summed E-state index contributed by atoms with van der Waals surface area (Å²) in [7, 11) is -3.87. The van der Waals surface area contributed by atoms with E-state index in [1.807, 2.05) is 0 Å². The minimum absolute atomic E-state index is 0.0151. The normalized spacial score (nSPS) is 17.3. The summed E-state index contributed by atoms with van der Waals surface area (Å²) in [4.78, 5) is 36.3. The van der Waals surface area contributed by atoms with Gasteiger partial charge in [-0.15, -0.1) is 0 Å². The van der Waals surface area contributed by atoms with E-state index in [1.54, 1.807) is 49.4 Å². The van der Waals surface area contributed by atoms with Gasteiger partial charge in [-0.2, -0.15) is 4.31 Å². The molecule has 10 heteroatoms. The lowest BCUT2D eigenvalue weighted by molar-refractivity contribution is -0.142. The first-order chi connectivity index (χ1) is 15.7. The molecule has 9 nitrogen and oxygen atoms in total.